The Bertz CT molecular complexity index is 908. The number of thiocarbonyl (C=S) groups is 1. The third-order valence-corrected chi connectivity index (χ3v) is 4.28. The van der Waals surface area contributed by atoms with Crippen LogP contribution in [0.5, 0.6) is 0 Å². The molecule has 0 unspecified atom stereocenters. The van der Waals surface area contributed by atoms with Crippen molar-refractivity contribution in [3.05, 3.63) is 76.7 Å². The van der Waals surface area contributed by atoms with Crippen LogP contribution >= 0.6 is 23.8 Å². The van der Waals surface area contributed by atoms with Crippen molar-refractivity contribution >= 4 is 40.4 Å². The first-order valence-electron chi connectivity index (χ1n) is 8.18. The lowest BCUT2D eigenvalue weighted by Gasteiger charge is -2.09. The Balaban J connectivity index is 1.64. The molecule has 0 saturated heterocycles. The van der Waals surface area contributed by atoms with E-state index in [0.29, 0.717) is 22.5 Å². The number of nitrogens with zero attached hydrogens (tertiary/aromatic N) is 2. The number of aryl methyl sites for hydroxylation is 1. The molecule has 0 aliphatic heterocycles. The van der Waals surface area contributed by atoms with Gasteiger partial charge in [-0.15, -0.1) is 0 Å². The predicted octanol–water partition coefficient (Wildman–Crippen LogP) is 5.10. The fourth-order valence-corrected chi connectivity index (χ4v) is 2.89. The molecule has 26 heavy (non-hydrogen) atoms. The lowest BCUT2D eigenvalue weighted by atomic mass is 10.1. The number of rotatable bonds is 5. The summed E-state index contributed by atoms with van der Waals surface area (Å²) in [4.78, 5) is 0. The molecule has 0 radical (unpaired) electrons. The van der Waals surface area contributed by atoms with E-state index in [-0.39, 0.29) is 5.82 Å². The summed E-state index contributed by atoms with van der Waals surface area (Å²) in [6.07, 6.45) is 2.66. The maximum Gasteiger partial charge on any atom is 0.176 e. The van der Waals surface area contributed by atoms with Gasteiger partial charge in [0, 0.05) is 11.9 Å². The zero-order chi connectivity index (χ0) is 18.5. The van der Waals surface area contributed by atoms with E-state index in [4.69, 9.17) is 23.8 Å². The molecule has 0 aliphatic rings. The Morgan fingerprint density at radius 1 is 1.15 bits per heavy atom. The Kier molecular flexibility index (Phi) is 5.85. The minimum Gasteiger partial charge on any atom is -0.332 e. The van der Waals surface area contributed by atoms with Crippen LogP contribution < -0.4 is 10.6 Å². The van der Waals surface area contributed by atoms with Crippen LogP contribution in [0.2, 0.25) is 5.02 Å². The smallest absolute Gasteiger partial charge is 0.176 e. The zero-order valence-corrected chi connectivity index (χ0v) is 15.7. The molecular weight excluding hydrogens is 371 g/mol. The second-order valence-electron chi connectivity index (χ2n) is 5.78. The first kappa shape index (κ1) is 18.4. The van der Waals surface area contributed by atoms with Crippen LogP contribution in [-0.4, -0.2) is 14.9 Å². The van der Waals surface area contributed by atoms with Crippen molar-refractivity contribution in [1.82, 2.24) is 9.78 Å². The van der Waals surface area contributed by atoms with Gasteiger partial charge in [-0.05, 0) is 54.0 Å². The van der Waals surface area contributed by atoms with E-state index in [0.717, 1.165) is 17.7 Å². The molecule has 2 N–H and O–H groups in total. The summed E-state index contributed by atoms with van der Waals surface area (Å²) in [7, 11) is 0. The second kappa shape index (κ2) is 8.29. The first-order valence-corrected chi connectivity index (χ1v) is 8.96. The summed E-state index contributed by atoms with van der Waals surface area (Å²) in [6.45, 7) is 2.52. The molecule has 3 aromatic rings. The van der Waals surface area contributed by atoms with Gasteiger partial charge in [-0.3, -0.25) is 4.68 Å². The van der Waals surface area contributed by atoms with Crippen LogP contribution in [0.3, 0.4) is 0 Å². The molecule has 2 aromatic carbocycles. The molecule has 1 heterocycles. The number of benzene rings is 2. The van der Waals surface area contributed by atoms with E-state index in [9.17, 15) is 4.39 Å². The Hall–Kier alpha value is -2.44. The molecule has 0 spiro atoms. The van der Waals surface area contributed by atoms with E-state index in [1.54, 1.807) is 16.9 Å². The van der Waals surface area contributed by atoms with Crippen LogP contribution in [0.25, 0.3) is 0 Å². The van der Waals surface area contributed by atoms with Gasteiger partial charge < -0.3 is 10.6 Å². The van der Waals surface area contributed by atoms with Crippen LogP contribution in [0.15, 0.2) is 54.7 Å². The van der Waals surface area contributed by atoms with Crippen molar-refractivity contribution in [3.63, 3.8) is 0 Å². The second-order valence-corrected chi connectivity index (χ2v) is 6.60. The molecule has 3 rings (SSSR count). The van der Waals surface area contributed by atoms with Gasteiger partial charge in [-0.25, -0.2) is 4.39 Å². The summed E-state index contributed by atoms with van der Waals surface area (Å²) in [5.74, 6) is 0.171. The van der Waals surface area contributed by atoms with Crippen LogP contribution in [-0.2, 0) is 13.0 Å². The molecule has 0 fully saturated rings. The molecule has 0 bridgehead atoms. The Labute approximate surface area is 162 Å². The van der Waals surface area contributed by atoms with Crippen LogP contribution in [0.1, 0.15) is 18.1 Å². The minimum absolute atomic E-state index is 0.279. The van der Waals surface area contributed by atoms with Gasteiger partial charge in [0.15, 0.2) is 10.9 Å². The van der Waals surface area contributed by atoms with Gasteiger partial charge in [-0.2, -0.15) is 5.10 Å². The quantitative estimate of drug-likeness (QED) is 0.597. The van der Waals surface area contributed by atoms with E-state index < -0.39 is 0 Å². The number of hydrogen-bond donors (Lipinski definition) is 2. The molecule has 0 aliphatic carbocycles. The number of nitrogens with one attached hydrogen (secondary N) is 2. The minimum atomic E-state index is -0.279. The highest BCUT2D eigenvalue weighted by molar-refractivity contribution is 7.80. The van der Waals surface area contributed by atoms with Crippen molar-refractivity contribution in [1.29, 1.82) is 0 Å². The maximum absolute atomic E-state index is 13.3. The molecule has 1 aromatic heterocycles. The monoisotopic (exact) mass is 388 g/mol. The summed E-state index contributed by atoms with van der Waals surface area (Å²) < 4.78 is 14.9. The van der Waals surface area contributed by atoms with Crippen LogP contribution in [0.4, 0.5) is 15.9 Å². The van der Waals surface area contributed by atoms with Gasteiger partial charge in [0.2, 0.25) is 0 Å². The third kappa shape index (κ3) is 4.80. The molecule has 0 amide bonds. The Morgan fingerprint density at radius 2 is 1.92 bits per heavy atom. The summed E-state index contributed by atoms with van der Waals surface area (Å²) >= 11 is 11.5. The maximum atomic E-state index is 13.3. The number of aromatic nitrogens is 2. The van der Waals surface area contributed by atoms with Gasteiger partial charge in [0.1, 0.15) is 10.8 Å². The highest BCUT2D eigenvalue weighted by Gasteiger charge is 2.09. The standard InChI is InChI=1S/C19H18ClFN4S/c1-2-13-6-8-16(9-7-13)22-19(26)23-18-17(20)12-25(24-18)11-14-4-3-5-15(21)10-14/h3-10,12H,2,11H2,1H3,(H2,22,23,24,26). The number of halogens is 2. The highest BCUT2D eigenvalue weighted by Crippen LogP contribution is 2.21. The van der Waals surface area contributed by atoms with E-state index in [2.05, 4.69) is 22.7 Å². The molecule has 4 nitrogen and oxygen atoms in total. The van der Waals surface area contributed by atoms with Gasteiger partial charge in [0.25, 0.3) is 0 Å². The molecule has 134 valence electrons. The van der Waals surface area contributed by atoms with E-state index >= 15 is 0 Å². The predicted molar refractivity (Wildman–Crippen MR) is 108 cm³/mol. The SMILES string of the molecule is CCc1ccc(NC(=S)Nc2nn(Cc3cccc(F)c3)cc2Cl)cc1. The number of anilines is 2. The highest BCUT2D eigenvalue weighted by atomic mass is 35.5. The topological polar surface area (TPSA) is 41.9 Å². The molecule has 0 saturated carbocycles. The van der Waals surface area contributed by atoms with Crippen molar-refractivity contribution in [2.24, 2.45) is 0 Å². The largest absolute Gasteiger partial charge is 0.332 e. The normalized spacial score (nSPS) is 10.6. The average molecular weight is 389 g/mol. The third-order valence-electron chi connectivity index (χ3n) is 3.80. The average Bonchev–Trinajstić information content (AvgIpc) is 2.94. The summed E-state index contributed by atoms with van der Waals surface area (Å²) in [5, 5.41) is 11.3. The Morgan fingerprint density at radius 3 is 2.62 bits per heavy atom. The van der Waals surface area contributed by atoms with E-state index in [1.165, 1.54) is 17.7 Å². The lowest BCUT2D eigenvalue weighted by molar-refractivity contribution is 0.619. The molecule has 0 atom stereocenters. The van der Waals surface area contributed by atoms with Crippen molar-refractivity contribution in [2.75, 3.05) is 10.6 Å². The lowest BCUT2D eigenvalue weighted by Crippen LogP contribution is -2.19. The van der Waals surface area contributed by atoms with Gasteiger partial charge in [0.05, 0.1) is 6.54 Å². The molecular formula is C19H18ClFN4S. The molecule has 7 heteroatoms. The first-order chi connectivity index (χ1) is 12.5. The fraction of sp³-hybridized carbons (Fsp3) is 0.158. The van der Waals surface area contributed by atoms with Crippen molar-refractivity contribution < 1.29 is 4.39 Å². The summed E-state index contributed by atoms with van der Waals surface area (Å²) in [6, 6.07) is 14.4. The zero-order valence-electron chi connectivity index (χ0n) is 14.2. The van der Waals surface area contributed by atoms with Gasteiger partial charge in [-0.1, -0.05) is 42.8 Å². The van der Waals surface area contributed by atoms with Gasteiger partial charge >= 0.3 is 0 Å². The van der Waals surface area contributed by atoms with Crippen molar-refractivity contribution in [3.8, 4) is 0 Å². The summed E-state index contributed by atoms with van der Waals surface area (Å²) in [5.41, 5.74) is 2.94. The van der Waals surface area contributed by atoms with E-state index in [1.807, 2.05) is 30.3 Å². The van der Waals surface area contributed by atoms with Crippen LogP contribution in [0, 0.1) is 5.82 Å². The fourth-order valence-electron chi connectivity index (χ4n) is 2.48. The van der Waals surface area contributed by atoms with Crippen molar-refractivity contribution in [2.45, 2.75) is 19.9 Å². The number of hydrogen-bond acceptors (Lipinski definition) is 2.